The Morgan fingerprint density at radius 2 is 1.55 bits per heavy atom. The minimum Gasteiger partial charge on any atom is -0.353 e. The maximum atomic E-state index is 12.8. The second-order valence-corrected chi connectivity index (χ2v) is 10.2. The number of imidazole rings is 1. The third-order valence-corrected chi connectivity index (χ3v) is 7.85. The van der Waals surface area contributed by atoms with Crippen molar-refractivity contribution in [2.45, 2.75) is 72.3 Å². The molecule has 5 nitrogen and oxygen atoms in total. The molecule has 1 amide bonds. The van der Waals surface area contributed by atoms with E-state index in [9.17, 15) is 4.79 Å². The van der Waals surface area contributed by atoms with Gasteiger partial charge in [0, 0.05) is 30.7 Å². The first-order valence-corrected chi connectivity index (χ1v) is 12.5. The van der Waals surface area contributed by atoms with E-state index < -0.39 is 0 Å². The lowest BCUT2D eigenvalue weighted by Crippen LogP contribution is -2.43. The Bertz CT molecular complexity index is 1180. The van der Waals surface area contributed by atoms with Crippen LogP contribution in [-0.2, 0) is 4.79 Å². The lowest BCUT2D eigenvalue weighted by Gasteiger charge is -2.33. The Kier molecular flexibility index (Phi) is 5.90. The van der Waals surface area contributed by atoms with E-state index in [2.05, 4.69) is 72.8 Å². The summed E-state index contributed by atoms with van der Waals surface area (Å²) in [7, 11) is 0. The molecule has 2 heterocycles. The fraction of sp³-hybridized carbons (Fsp3) is 0.500. The molecule has 5 rings (SSSR count). The first kappa shape index (κ1) is 22.0. The first-order chi connectivity index (χ1) is 15.9. The summed E-state index contributed by atoms with van der Waals surface area (Å²) in [6, 6.07) is 11.5. The molecule has 174 valence electrons. The van der Waals surface area contributed by atoms with Crippen LogP contribution < -0.4 is 10.2 Å². The fourth-order valence-electron chi connectivity index (χ4n) is 5.38. The minimum atomic E-state index is 0.116. The highest BCUT2D eigenvalue weighted by Crippen LogP contribution is 2.32. The topological polar surface area (TPSA) is 50.2 Å². The highest BCUT2D eigenvalue weighted by atomic mass is 16.1. The number of hydrogen-bond donors (Lipinski definition) is 1. The lowest BCUT2D eigenvalue weighted by atomic mass is 9.95. The van der Waals surface area contributed by atoms with E-state index in [1.165, 1.54) is 35.1 Å². The minimum absolute atomic E-state index is 0.116. The fourth-order valence-corrected chi connectivity index (χ4v) is 5.38. The number of piperidine rings is 1. The molecule has 2 aromatic carbocycles. The number of hydrogen-bond acceptors (Lipinski definition) is 3. The Labute approximate surface area is 197 Å². The van der Waals surface area contributed by atoms with E-state index >= 15 is 0 Å². The summed E-state index contributed by atoms with van der Waals surface area (Å²) in [4.78, 5) is 20.3. The smallest absolute Gasteiger partial charge is 0.223 e. The quantitative estimate of drug-likeness (QED) is 0.575. The van der Waals surface area contributed by atoms with Gasteiger partial charge in [0.1, 0.15) is 0 Å². The number of aromatic nitrogens is 2. The van der Waals surface area contributed by atoms with Crippen molar-refractivity contribution >= 4 is 22.9 Å². The average Bonchev–Trinajstić information content (AvgIpc) is 3.44. The van der Waals surface area contributed by atoms with Crippen LogP contribution >= 0.6 is 0 Å². The van der Waals surface area contributed by atoms with Crippen molar-refractivity contribution in [2.75, 3.05) is 18.0 Å². The molecule has 1 aromatic heterocycles. The Morgan fingerprint density at radius 3 is 2.24 bits per heavy atom. The van der Waals surface area contributed by atoms with Gasteiger partial charge in [-0.1, -0.05) is 18.9 Å². The van der Waals surface area contributed by atoms with Crippen LogP contribution in [0.15, 0.2) is 30.3 Å². The number of nitrogens with zero attached hydrogens (tertiary/aromatic N) is 3. The summed E-state index contributed by atoms with van der Waals surface area (Å²) >= 11 is 0. The largest absolute Gasteiger partial charge is 0.353 e. The SMILES string of the molecule is Cc1ccc(-n2c(N3CCC(C(=O)NC4CCCC4)CC3)nc3cc(C)c(C)cc32)cc1C. The highest BCUT2D eigenvalue weighted by molar-refractivity contribution is 5.83. The molecule has 0 radical (unpaired) electrons. The number of amides is 1. The third kappa shape index (κ3) is 4.25. The van der Waals surface area contributed by atoms with Crippen LogP contribution in [0.2, 0.25) is 0 Å². The number of aryl methyl sites for hydroxylation is 4. The number of fused-ring (bicyclic) bond motifs is 1. The molecule has 0 unspecified atom stereocenters. The molecule has 33 heavy (non-hydrogen) atoms. The molecule has 0 atom stereocenters. The molecule has 2 fully saturated rings. The Balaban J connectivity index is 1.44. The van der Waals surface area contributed by atoms with Crippen molar-refractivity contribution in [3.05, 3.63) is 52.6 Å². The number of nitrogens with one attached hydrogen (secondary N) is 1. The van der Waals surface area contributed by atoms with Gasteiger partial charge in [0.15, 0.2) is 0 Å². The van der Waals surface area contributed by atoms with Gasteiger partial charge in [-0.3, -0.25) is 9.36 Å². The van der Waals surface area contributed by atoms with Crippen molar-refractivity contribution in [1.29, 1.82) is 0 Å². The van der Waals surface area contributed by atoms with Gasteiger partial charge in [0.25, 0.3) is 0 Å². The standard InChI is InChI=1S/C28H36N4O/c1-18-9-10-24(15-19(18)2)32-26-17-21(4)20(3)16-25(26)30-28(32)31-13-11-22(12-14-31)27(33)29-23-7-5-6-8-23/h9-10,15-17,22-23H,5-8,11-14H2,1-4H3,(H,29,33). The molecule has 2 aliphatic rings. The van der Waals surface area contributed by atoms with Gasteiger partial charge in [0.2, 0.25) is 11.9 Å². The van der Waals surface area contributed by atoms with Crippen molar-refractivity contribution < 1.29 is 4.79 Å². The summed E-state index contributed by atoms with van der Waals surface area (Å²) < 4.78 is 2.31. The van der Waals surface area contributed by atoms with Gasteiger partial charge in [-0.25, -0.2) is 4.98 Å². The molecular formula is C28H36N4O. The predicted molar refractivity (Wildman–Crippen MR) is 135 cm³/mol. The molecular weight excluding hydrogens is 408 g/mol. The number of rotatable bonds is 4. The second kappa shape index (κ2) is 8.85. The molecule has 1 saturated carbocycles. The van der Waals surface area contributed by atoms with E-state index in [4.69, 9.17) is 4.98 Å². The second-order valence-electron chi connectivity index (χ2n) is 10.2. The van der Waals surface area contributed by atoms with E-state index in [1.54, 1.807) is 0 Å². The summed E-state index contributed by atoms with van der Waals surface area (Å²) in [6.07, 6.45) is 6.54. The molecule has 1 aliphatic heterocycles. The number of carbonyl (C=O) groups excluding carboxylic acids is 1. The molecule has 0 bridgehead atoms. The average molecular weight is 445 g/mol. The molecule has 0 spiro atoms. The molecule has 1 aliphatic carbocycles. The zero-order valence-corrected chi connectivity index (χ0v) is 20.4. The number of anilines is 1. The molecule has 1 saturated heterocycles. The Morgan fingerprint density at radius 1 is 0.879 bits per heavy atom. The molecule has 1 N–H and O–H groups in total. The summed E-state index contributed by atoms with van der Waals surface area (Å²) in [5, 5.41) is 3.31. The van der Waals surface area contributed by atoms with Crippen LogP contribution in [0.3, 0.4) is 0 Å². The van der Waals surface area contributed by atoms with Crippen molar-refractivity contribution in [3.8, 4) is 5.69 Å². The lowest BCUT2D eigenvalue weighted by molar-refractivity contribution is -0.126. The summed E-state index contributed by atoms with van der Waals surface area (Å²) in [6.45, 7) is 10.4. The Hall–Kier alpha value is -2.82. The molecule has 3 aromatic rings. The van der Waals surface area contributed by atoms with Crippen LogP contribution in [0.5, 0.6) is 0 Å². The zero-order valence-electron chi connectivity index (χ0n) is 20.4. The summed E-state index contributed by atoms with van der Waals surface area (Å²) in [5.74, 6) is 1.37. The van der Waals surface area contributed by atoms with Gasteiger partial charge < -0.3 is 10.2 Å². The van der Waals surface area contributed by atoms with E-state index in [-0.39, 0.29) is 11.8 Å². The van der Waals surface area contributed by atoms with Crippen LogP contribution in [0.25, 0.3) is 16.7 Å². The summed E-state index contributed by atoms with van der Waals surface area (Å²) in [5.41, 5.74) is 8.46. The van der Waals surface area contributed by atoms with Gasteiger partial charge in [-0.05, 0) is 99.9 Å². The zero-order chi connectivity index (χ0) is 23.1. The maximum Gasteiger partial charge on any atom is 0.223 e. The van der Waals surface area contributed by atoms with Gasteiger partial charge in [-0.15, -0.1) is 0 Å². The van der Waals surface area contributed by atoms with Crippen LogP contribution in [0, 0.1) is 33.6 Å². The van der Waals surface area contributed by atoms with Gasteiger partial charge in [0.05, 0.1) is 11.0 Å². The van der Waals surface area contributed by atoms with Gasteiger partial charge >= 0.3 is 0 Å². The van der Waals surface area contributed by atoms with E-state index in [0.29, 0.717) is 6.04 Å². The van der Waals surface area contributed by atoms with Crippen molar-refractivity contribution in [1.82, 2.24) is 14.9 Å². The monoisotopic (exact) mass is 444 g/mol. The van der Waals surface area contributed by atoms with Crippen LogP contribution in [-0.4, -0.2) is 34.6 Å². The number of carbonyl (C=O) groups is 1. The van der Waals surface area contributed by atoms with E-state index in [1.807, 2.05) is 0 Å². The van der Waals surface area contributed by atoms with Crippen LogP contribution in [0.1, 0.15) is 60.8 Å². The van der Waals surface area contributed by atoms with Crippen molar-refractivity contribution in [2.24, 2.45) is 5.92 Å². The van der Waals surface area contributed by atoms with Gasteiger partial charge in [-0.2, -0.15) is 0 Å². The normalized spacial score (nSPS) is 17.8. The third-order valence-electron chi connectivity index (χ3n) is 7.85. The highest BCUT2D eigenvalue weighted by Gasteiger charge is 2.29. The number of benzene rings is 2. The van der Waals surface area contributed by atoms with E-state index in [0.717, 1.165) is 61.4 Å². The first-order valence-electron chi connectivity index (χ1n) is 12.5. The maximum absolute atomic E-state index is 12.8. The van der Waals surface area contributed by atoms with Crippen LogP contribution in [0.4, 0.5) is 5.95 Å². The molecule has 5 heteroatoms. The van der Waals surface area contributed by atoms with Crippen molar-refractivity contribution in [3.63, 3.8) is 0 Å². The predicted octanol–water partition coefficient (Wildman–Crippen LogP) is 5.53.